The van der Waals surface area contributed by atoms with Crippen LogP contribution in [0.15, 0.2) is 47.6 Å². The topological polar surface area (TPSA) is 108 Å². The normalized spacial score (nSPS) is 13.3. The van der Waals surface area contributed by atoms with Crippen LogP contribution in [0.5, 0.6) is 0 Å². The van der Waals surface area contributed by atoms with E-state index in [0.717, 1.165) is 16.8 Å². The molecule has 0 spiro atoms. The summed E-state index contributed by atoms with van der Waals surface area (Å²) >= 11 is 0. The number of anilines is 1. The van der Waals surface area contributed by atoms with Crippen LogP contribution in [0.3, 0.4) is 0 Å². The number of sulfonamides is 1. The molecule has 2 amide bonds. The molecule has 142 valence electrons. The molecule has 0 aliphatic carbocycles. The highest BCUT2D eigenvalue weighted by Gasteiger charge is 2.25. The van der Waals surface area contributed by atoms with Crippen LogP contribution >= 0.6 is 0 Å². The van der Waals surface area contributed by atoms with Gasteiger partial charge in [0.25, 0.3) is 0 Å². The zero-order valence-corrected chi connectivity index (χ0v) is 15.6. The average molecular weight is 388 g/mol. The highest BCUT2D eigenvalue weighted by Crippen LogP contribution is 2.30. The van der Waals surface area contributed by atoms with Gasteiger partial charge in [0.05, 0.1) is 11.4 Å². The second-order valence-electron chi connectivity index (χ2n) is 6.17. The average Bonchev–Trinajstić information content (AvgIpc) is 3.09. The Morgan fingerprint density at radius 3 is 2.78 bits per heavy atom. The molecule has 1 aromatic heterocycles. The molecule has 9 heteroatoms. The standard InChI is InChI=1S/C18H20N4O4S/c1-13(23)22-8-6-15-9-16(4-5-17(15)22)27(25,26)21-12-18(24)20-11-14-3-2-7-19-10-14/h2-5,7,9-10,21H,6,8,11-12H2,1H3,(H,20,24). The maximum Gasteiger partial charge on any atom is 0.241 e. The minimum atomic E-state index is -3.82. The molecular formula is C18H20N4O4S. The summed E-state index contributed by atoms with van der Waals surface area (Å²) in [6, 6.07) is 8.18. The summed E-state index contributed by atoms with van der Waals surface area (Å²) in [5, 5.41) is 2.63. The molecule has 2 heterocycles. The number of benzene rings is 1. The van der Waals surface area contributed by atoms with Crippen molar-refractivity contribution in [1.82, 2.24) is 15.0 Å². The predicted molar refractivity (Wildman–Crippen MR) is 99.4 cm³/mol. The summed E-state index contributed by atoms with van der Waals surface area (Å²) < 4.78 is 27.2. The molecule has 1 aliphatic heterocycles. The van der Waals surface area contributed by atoms with E-state index in [1.165, 1.54) is 13.0 Å². The number of amides is 2. The number of carbonyl (C=O) groups excluding carboxylic acids is 2. The Kier molecular flexibility index (Phi) is 5.52. The number of nitrogens with one attached hydrogen (secondary N) is 2. The molecule has 1 aromatic carbocycles. The van der Waals surface area contributed by atoms with Gasteiger partial charge >= 0.3 is 0 Å². The fourth-order valence-corrected chi connectivity index (χ4v) is 3.91. The largest absolute Gasteiger partial charge is 0.351 e. The maximum absolute atomic E-state index is 12.4. The quantitative estimate of drug-likeness (QED) is 0.753. The Morgan fingerprint density at radius 1 is 1.26 bits per heavy atom. The van der Waals surface area contributed by atoms with Crippen LogP contribution < -0.4 is 14.9 Å². The fourth-order valence-electron chi connectivity index (χ4n) is 2.88. The van der Waals surface area contributed by atoms with Gasteiger partial charge in [-0.3, -0.25) is 14.6 Å². The second kappa shape index (κ2) is 7.85. The van der Waals surface area contributed by atoms with Crippen molar-refractivity contribution < 1.29 is 18.0 Å². The Morgan fingerprint density at radius 2 is 2.07 bits per heavy atom. The van der Waals surface area contributed by atoms with Crippen LogP contribution in [-0.2, 0) is 32.6 Å². The molecule has 0 atom stereocenters. The molecule has 0 bridgehead atoms. The third kappa shape index (κ3) is 4.50. The lowest BCUT2D eigenvalue weighted by molar-refractivity contribution is -0.120. The van der Waals surface area contributed by atoms with Gasteiger partial charge in [0.1, 0.15) is 0 Å². The van der Waals surface area contributed by atoms with E-state index in [1.54, 1.807) is 35.5 Å². The van der Waals surface area contributed by atoms with E-state index in [9.17, 15) is 18.0 Å². The summed E-state index contributed by atoms with van der Waals surface area (Å²) in [4.78, 5) is 29.1. The summed E-state index contributed by atoms with van der Waals surface area (Å²) in [5.74, 6) is -0.515. The van der Waals surface area contributed by atoms with Crippen molar-refractivity contribution in [3.63, 3.8) is 0 Å². The Labute approximate surface area is 157 Å². The first kappa shape index (κ1) is 19.0. The molecule has 2 N–H and O–H groups in total. The number of pyridine rings is 1. The minimum Gasteiger partial charge on any atom is -0.351 e. The van der Waals surface area contributed by atoms with Crippen molar-refractivity contribution in [2.75, 3.05) is 18.0 Å². The highest BCUT2D eigenvalue weighted by molar-refractivity contribution is 7.89. The zero-order valence-electron chi connectivity index (χ0n) is 14.8. The third-order valence-electron chi connectivity index (χ3n) is 4.27. The van der Waals surface area contributed by atoms with Crippen LogP contribution in [0.1, 0.15) is 18.1 Å². The molecule has 3 rings (SSSR count). The number of fused-ring (bicyclic) bond motifs is 1. The number of rotatable bonds is 6. The third-order valence-corrected chi connectivity index (χ3v) is 5.67. The number of hydrogen-bond acceptors (Lipinski definition) is 5. The van der Waals surface area contributed by atoms with Gasteiger partial charge in [-0.05, 0) is 41.8 Å². The lowest BCUT2D eigenvalue weighted by Gasteiger charge is -2.15. The molecule has 8 nitrogen and oxygen atoms in total. The van der Waals surface area contributed by atoms with Crippen LogP contribution in [-0.4, -0.2) is 38.3 Å². The van der Waals surface area contributed by atoms with Gasteiger partial charge in [-0.1, -0.05) is 6.07 Å². The van der Waals surface area contributed by atoms with Gasteiger partial charge in [0.15, 0.2) is 0 Å². The first-order valence-corrected chi connectivity index (χ1v) is 9.91. The van der Waals surface area contributed by atoms with Gasteiger partial charge in [-0.2, -0.15) is 0 Å². The molecule has 0 saturated carbocycles. The van der Waals surface area contributed by atoms with Gasteiger partial charge < -0.3 is 10.2 Å². The van der Waals surface area contributed by atoms with Crippen LogP contribution in [0.25, 0.3) is 0 Å². The summed E-state index contributed by atoms with van der Waals surface area (Å²) in [7, 11) is -3.82. The monoisotopic (exact) mass is 388 g/mol. The summed E-state index contributed by atoms with van der Waals surface area (Å²) in [5.41, 5.74) is 2.35. The minimum absolute atomic E-state index is 0.0757. The number of nitrogens with zero attached hydrogens (tertiary/aromatic N) is 2. The van der Waals surface area contributed by atoms with Gasteiger partial charge in [-0.25, -0.2) is 13.1 Å². The van der Waals surface area contributed by atoms with Crippen molar-refractivity contribution in [3.8, 4) is 0 Å². The smallest absolute Gasteiger partial charge is 0.241 e. The Bertz CT molecular complexity index is 961. The van der Waals surface area contributed by atoms with Crippen molar-refractivity contribution in [3.05, 3.63) is 53.9 Å². The van der Waals surface area contributed by atoms with E-state index in [0.29, 0.717) is 13.0 Å². The lowest BCUT2D eigenvalue weighted by atomic mass is 10.2. The molecule has 0 unspecified atom stereocenters. The number of hydrogen-bond donors (Lipinski definition) is 2. The summed E-state index contributed by atoms with van der Waals surface area (Å²) in [6.07, 6.45) is 3.86. The van der Waals surface area contributed by atoms with Crippen molar-refractivity contribution >= 4 is 27.5 Å². The van der Waals surface area contributed by atoms with Crippen molar-refractivity contribution in [2.24, 2.45) is 0 Å². The summed E-state index contributed by atoms with van der Waals surface area (Å²) in [6.45, 7) is 1.93. The van der Waals surface area contributed by atoms with Crippen LogP contribution in [0.2, 0.25) is 0 Å². The first-order chi connectivity index (χ1) is 12.9. The van der Waals surface area contributed by atoms with E-state index >= 15 is 0 Å². The van der Waals surface area contributed by atoms with Crippen molar-refractivity contribution in [1.29, 1.82) is 0 Å². The van der Waals surface area contributed by atoms with Gasteiger partial charge in [0, 0.05) is 38.1 Å². The number of aromatic nitrogens is 1. The number of carbonyl (C=O) groups is 2. The van der Waals surface area contributed by atoms with Crippen LogP contribution in [0.4, 0.5) is 5.69 Å². The zero-order chi connectivity index (χ0) is 19.4. The predicted octanol–water partition coefficient (Wildman–Crippen LogP) is 0.585. The fraction of sp³-hybridized carbons (Fsp3) is 0.278. The highest BCUT2D eigenvalue weighted by atomic mass is 32.2. The van der Waals surface area contributed by atoms with Crippen LogP contribution in [0, 0.1) is 0 Å². The van der Waals surface area contributed by atoms with E-state index in [1.807, 2.05) is 6.07 Å². The Hall–Kier alpha value is -2.78. The van der Waals surface area contributed by atoms with E-state index in [4.69, 9.17) is 0 Å². The second-order valence-corrected chi connectivity index (χ2v) is 7.94. The SMILES string of the molecule is CC(=O)N1CCc2cc(S(=O)(=O)NCC(=O)NCc3cccnc3)ccc21. The molecule has 0 saturated heterocycles. The van der Waals surface area contributed by atoms with E-state index in [2.05, 4.69) is 15.0 Å². The molecular weight excluding hydrogens is 368 g/mol. The Balaban J connectivity index is 1.60. The molecule has 27 heavy (non-hydrogen) atoms. The molecule has 0 radical (unpaired) electrons. The van der Waals surface area contributed by atoms with Gasteiger partial charge in [0.2, 0.25) is 21.8 Å². The molecule has 2 aromatic rings. The lowest BCUT2D eigenvalue weighted by Crippen LogP contribution is -2.36. The molecule has 0 fully saturated rings. The van der Waals surface area contributed by atoms with Crippen molar-refractivity contribution in [2.45, 2.75) is 24.8 Å². The molecule has 1 aliphatic rings. The van der Waals surface area contributed by atoms with E-state index in [-0.39, 0.29) is 23.9 Å². The van der Waals surface area contributed by atoms with E-state index < -0.39 is 15.9 Å². The first-order valence-electron chi connectivity index (χ1n) is 8.43. The maximum atomic E-state index is 12.4. The van der Waals surface area contributed by atoms with Gasteiger partial charge in [-0.15, -0.1) is 0 Å².